The smallest absolute Gasteiger partial charge is 0.407 e. The van der Waals surface area contributed by atoms with E-state index < -0.39 is 33.1 Å². The molecular weight excluding hydrogens is 805 g/mol. The number of carbonyl (C=O) groups is 4. The van der Waals surface area contributed by atoms with E-state index in [1.807, 2.05) is 24.9 Å². The predicted molar refractivity (Wildman–Crippen MR) is 238 cm³/mol. The van der Waals surface area contributed by atoms with E-state index in [9.17, 15) is 19.2 Å². The fraction of sp³-hybridized carbons (Fsp3) is 0.435. The summed E-state index contributed by atoms with van der Waals surface area (Å²) in [5.41, 5.74) is 5.82. The van der Waals surface area contributed by atoms with Gasteiger partial charge in [-0.3, -0.25) is 9.59 Å². The van der Waals surface area contributed by atoms with E-state index in [-0.39, 0.29) is 35.7 Å². The van der Waals surface area contributed by atoms with Gasteiger partial charge in [0, 0.05) is 34.1 Å². The molecule has 2 saturated heterocycles. The highest BCUT2D eigenvalue weighted by molar-refractivity contribution is 6.55. The Morgan fingerprint density at radius 2 is 1.40 bits per heavy atom. The number of amides is 4. The summed E-state index contributed by atoms with van der Waals surface area (Å²) < 4.78 is 15.1. The minimum Gasteiger partial charge on any atom is -0.453 e. The molecule has 2 aliphatic rings. The lowest BCUT2D eigenvalue weighted by Crippen LogP contribution is -2.52. The lowest BCUT2D eigenvalue weighted by molar-refractivity contribution is -0.135. The van der Waals surface area contributed by atoms with Gasteiger partial charge in [-0.25, -0.2) is 19.6 Å². The van der Waals surface area contributed by atoms with Crippen LogP contribution in [-0.4, -0.2) is 104 Å². The summed E-state index contributed by atoms with van der Waals surface area (Å²) in [7, 11) is 1.81. The first-order chi connectivity index (χ1) is 29.9. The number of fused-ring (bicyclic) bond motifs is 1. The van der Waals surface area contributed by atoms with Gasteiger partial charge in [0.05, 0.1) is 50.1 Å². The number of ether oxygens (including phenoxy) is 3. The third-order valence-corrected chi connectivity index (χ3v) is 13.1. The molecule has 0 spiro atoms. The normalized spacial score (nSPS) is 17.2. The fourth-order valence-electron chi connectivity index (χ4n) is 8.46. The highest BCUT2D eigenvalue weighted by atomic mass is 28.3. The summed E-state index contributed by atoms with van der Waals surface area (Å²) in [4.78, 5) is 69.8. The van der Waals surface area contributed by atoms with Crippen LogP contribution in [0.4, 0.5) is 9.59 Å². The number of aromatic nitrogens is 4. The van der Waals surface area contributed by atoms with Crippen LogP contribution in [0.3, 0.4) is 0 Å². The van der Waals surface area contributed by atoms with E-state index in [0.717, 1.165) is 69.1 Å². The van der Waals surface area contributed by atoms with Crippen molar-refractivity contribution in [2.75, 3.05) is 34.0 Å². The Kier molecular flexibility index (Phi) is 14.1. The Labute approximate surface area is 363 Å². The van der Waals surface area contributed by atoms with E-state index in [1.54, 1.807) is 6.20 Å². The fourth-order valence-corrected chi connectivity index (χ4v) is 9.57. The zero-order valence-corrected chi connectivity index (χ0v) is 37.2. The van der Waals surface area contributed by atoms with Crippen LogP contribution in [0.5, 0.6) is 0 Å². The number of H-pyrrole nitrogens is 2. The standard InChI is InChI=1S/C46H57N8O7Si/c1-27(2)39(52-45(57)59-3)44(56)54-19-7-8-38(54)42-48-25-36(50-42)34-16-15-32-22-31(13-14-33(32)23-34)28-9-11-29(12-10-28)35-24-47-41(49-35)37(26-62(5)6)51-43(55)40(53-46(58)60-4)30-17-20-61-21-18-30/h9-16,22-25,27,30,37-40H,7-8,17-21,26H2,1-6H3,(H,47,49)(H,48,50)(H,51,55)(H,52,57)(H,53,58). The first-order valence-electron chi connectivity index (χ1n) is 21.3. The topological polar surface area (TPSA) is 193 Å². The molecule has 0 saturated carbocycles. The SMILES string of the molecule is COC(=O)NC(C(=O)N1CCCC1c1ncc(-c2ccc3cc(-c4ccc(-c5cnc(C(C[Si](C)C)NC(=O)C(NC(=O)OC)C6CCOCC6)[nH]5)cc4)ccc3c2)[nH]1)C(C)C. The number of benzene rings is 3. The minimum absolute atomic E-state index is 0.0589. The molecule has 5 aromatic rings. The second-order valence-electron chi connectivity index (χ2n) is 16.8. The number of hydrogen-bond donors (Lipinski definition) is 5. The molecule has 0 bridgehead atoms. The maximum Gasteiger partial charge on any atom is 0.407 e. The Morgan fingerprint density at radius 1 is 0.790 bits per heavy atom. The molecule has 15 nitrogen and oxygen atoms in total. The number of rotatable bonds is 14. The quantitative estimate of drug-likeness (QED) is 0.0708. The molecule has 16 heteroatoms. The number of carbonyl (C=O) groups excluding carboxylic acids is 4. The van der Waals surface area contributed by atoms with Gasteiger partial charge in [0.25, 0.3) is 0 Å². The molecule has 1 radical (unpaired) electrons. The third-order valence-electron chi connectivity index (χ3n) is 11.9. The number of methoxy groups -OCH3 is 2. The number of aromatic amines is 2. The molecule has 4 atom stereocenters. The molecule has 7 rings (SSSR count). The molecule has 4 heterocycles. The van der Waals surface area contributed by atoms with E-state index in [0.29, 0.717) is 38.4 Å². The number of likely N-dealkylation sites (tertiary alicyclic amines) is 1. The lowest BCUT2D eigenvalue weighted by atomic mass is 9.91. The second-order valence-corrected chi connectivity index (χ2v) is 19.6. The average molecular weight is 862 g/mol. The summed E-state index contributed by atoms with van der Waals surface area (Å²) in [6, 6.07) is 19.8. The summed E-state index contributed by atoms with van der Waals surface area (Å²) in [6.45, 7) is 9.88. The zero-order valence-electron chi connectivity index (χ0n) is 36.2. The zero-order chi connectivity index (χ0) is 43.9. The van der Waals surface area contributed by atoms with Gasteiger partial charge < -0.3 is 45.0 Å². The molecule has 327 valence electrons. The van der Waals surface area contributed by atoms with Crippen LogP contribution in [0.2, 0.25) is 19.1 Å². The van der Waals surface area contributed by atoms with Crippen LogP contribution in [0, 0.1) is 11.8 Å². The summed E-state index contributed by atoms with van der Waals surface area (Å²) in [5.74, 6) is 0.838. The van der Waals surface area contributed by atoms with Gasteiger partial charge in [-0.05, 0) is 83.2 Å². The first-order valence-corrected chi connectivity index (χ1v) is 24.0. The predicted octanol–water partition coefficient (Wildman–Crippen LogP) is 7.39. The molecule has 62 heavy (non-hydrogen) atoms. The second kappa shape index (κ2) is 19.8. The van der Waals surface area contributed by atoms with Crippen molar-refractivity contribution in [1.82, 2.24) is 40.8 Å². The van der Waals surface area contributed by atoms with Crippen LogP contribution < -0.4 is 16.0 Å². The maximum absolute atomic E-state index is 13.7. The van der Waals surface area contributed by atoms with Gasteiger partial charge in [-0.2, -0.15) is 0 Å². The van der Waals surface area contributed by atoms with Crippen molar-refractivity contribution in [3.63, 3.8) is 0 Å². The lowest BCUT2D eigenvalue weighted by Gasteiger charge is -2.31. The van der Waals surface area contributed by atoms with Gasteiger partial charge in [0.1, 0.15) is 23.7 Å². The number of nitrogens with zero attached hydrogens (tertiary/aromatic N) is 3. The Morgan fingerprint density at radius 3 is 2.08 bits per heavy atom. The van der Waals surface area contributed by atoms with Crippen LogP contribution in [-0.2, 0) is 23.8 Å². The van der Waals surface area contributed by atoms with E-state index in [4.69, 9.17) is 24.2 Å². The number of imidazole rings is 2. The largest absolute Gasteiger partial charge is 0.453 e. The minimum atomic E-state index is -0.776. The van der Waals surface area contributed by atoms with Gasteiger partial charge in [0.15, 0.2) is 0 Å². The Bertz CT molecular complexity index is 2360. The third kappa shape index (κ3) is 10.2. The molecule has 2 aliphatic heterocycles. The molecule has 4 unspecified atom stereocenters. The van der Waals surface area contributed by atoms with Crippen LogP contribution in [0.1, 0.15) is 63.3 Å². The van der Waals surface area contributed by atoms with Crippen molar-refractivity contribution in [3.05, 3.63) is 84.7 Å². The molecule has 0 aliphatic carbocycles. The monoisotopic (exact) mass is 861 g/mol. The summed E-state index contributed by atoms with van der Waals surface area (Å²) >= 11 is 0. The molecule has 2 fully saturated rings. The van der Waals surface area contributed by atoms with E-state index >= 15 is 0 Å². The molecule has 5 N–H and O–H groups in total. The van der Waals surface area contributed by atoms with Crippen molar-refractivity contribution in [1.29, 1.82) is 0 Å². The Balaban J connectivity index is 1.03. The summed E-state index contributed by atoms with van der Waals surface area (Å²) in [5, 5.41) is 10.8. The van der Waals surface area contributed by atoms with Crippen molar-refractivity contribution >= 4 is 43.6 Å². The first kappa shape index (κ1) is 44.1. The number of hydrogen-bond acceptors (Lipinski definition) is 9. The number of alkyl carbamates (subject to hydrolysis) is 2. The average Bonchev–Trinajstić information content (AvgIpc) is 4.09. The highest BCUT2D eigenvalue weighted by Gasteiger charge is 2.38. The summed E-state index contributed by atoms with van der Waals surface area (Å²) in [6.07, 6.45) is 5.33. The Hall–Kier alpha value is -6.00. The molecule has 4 amide bonds. The van der Waals surface area contributed by atoms with Gasteiger partial charge in [0.2, 0.25) is 11.8 Å². The van der Waals surface area contributed by atoms with Crippen molar-refractivity contribution in [3.8, 4) is 33.6 Å². The van der Waals surface area contributed by atoms with Crippen LogP contribution in [0.25, 0.3) is 44.4 Å². The van der Waals surface area contributed by atoms with Crippen molar-refractivity contribution < 1.29 is 33.4 Å². The highest BCUT2D eigenvalue weighted by Crippen LogP contribution is 2.34. The number of nitrogens with one attached hydrogen (secondary N) is 5. The van der Waals surface area contributed by atoms with Crippen molar-refractivity contribution in [2.45, 2.75) is 82.8 Å². The van der Waals surface area contributed by atoms with Gasteiger partial charge in [-0.15, -0.1) is 0 Å². The van der Waals surface area contributed by atoms with Gasteiger partial charge in [-0.1, -0.05) is 75.5 Å². The molecule has 3 aromatic carbocycles. The molecule has 2 aromatic heterocycles. The van der Waals surface area contributed by atoms with E-state index in [1.165, 1.54) is 14.2 Å². The maximum atomic E-state index is 13.7. The molecular formula is C46H57N8O7Si. The van der Waals surface area contributed by atoms with Crippen LogP contribution >= 0.6 is 0 Å². The van der Waals surface area contributed by atoms with Crippen molar-refractivity contribution in [2.24, 2.45) is 11.8 Å². The van der Waals surface area contributed by atoms with Crippen LogP contribution in [0.15, 0.2) is 73.1 Å². The van der Waals surface area contributed by atoms with Gasteiger partial charge >= 0.3 is 12.2 Å². The van der Waals surface area contributed by atoms with E-state index in [2.05, 4.69) is 99.7 Å².